The van der Waals surface area contributed by atoms with Crippen LogP contribution >= 0.6 is 23.8 Å². The highest BCUT2D eigenvalue weighted by molar-refractivity contribution is 7.80. The number of anilines is 2. The lowest BCUT2D eigenvalue weighted by molar-refractivity contribution is -0.384. The van der Waals surface area contributed by atoms with Gasteiger partial charge in [0.05, 0.1) is 17.6 Å². The third kappa shape index (κ3) is 4.56. The molecule has 0 unspecified atom stereocenters. The number of ether oxygens (including phenoxy) is 1. The molecule has 0 aliphatic rings. The van der Waals surface area contributed by atoms with Crippen molar-refractivity contribution in [3.8, 4) is 5.75 Å². The molecule has 0 radical (unpaired) electrons. The number of hydrogen-bond acceptors (Lipinski definition) is 4. The molecule has 8 heteroatoms. The summed E-state index contributed by atoms with van der Waals surface area (Å²) in [5.41, 5.74) is 1.80. The molecule has 0 saturated heterocycles. The van der Waals surface area contributed by atoms with Crippen LogP contribution in [0.15, 0.2) is 36.4 Å². The number of nitrogens with one attached hydrogen (secondary N) is 2. The SMILES string of the molecule is CCOc1ccc(NC(=S)Nc2ccc(C)c(Cl)c2)c([N+](=O)[O-])c1. The average Bonchev–Trinajstić information content (AvgIpc) is 2.52. The van der Waals surface area contributed by atoms with E-state index in [1.54, 1.807) is 18.2 Å². The first kappa shape index (κ1) is 18.0. The maximum absolute atomic E-state index is 11.2. The van der Waals surface area contributed by atoms with Crippen molar-refractivity contribution < 1.29 is 9.66 Å². The zero-order chi connectivity index (χ0) is 17.7. The van der Waals surface area contributed by atoms with Gasteiger partial charge < -0.3 is 15.4 Å². The first-order chi connectivity index (χ1) is 11.4. The van der Waals surface area contributed by atoms with Crippen LogP contribution in [0.5, 0.6) is 5.75 Å². The van der Waals surface area contributed by atoms with Gasteiger partial charge in [0, 0.05) is 10.7 Å². The fourth-order valence-electron chi connectivity index (χ4n) is 1.98. The molecule has 0 heterocycles. The van der Waals surface area contributed by atoms with Crippen LogP contribution in [0.3, 0.4) is 0 Å². The number of rotatable bonds is 5. The molecule has 2 aromatic carbocycles. The van der Waals surface area contributed by atoms with Crippen molar-refractivity contribution in [2.45, 2.75) is 13.8 Å². The van der Waals surface area contributed by atoms with Gasteiger partial charge >= 0.3 is 0 Å². The minimum atomic E-state index is -0.490. The molecule has 0 fully saturated rings. The number of hydrogen-bond donors (Lipinski definition) is 2. The summed E-state index contributed by atoms with van der Waals surface area (Å²) in [6, 6.07) is 9.96. The molecule has 2 aromatic rings. The standard InChI is InChI=1S/C16H16ClN3O3S/c1-3-23-12-6-7-14(15(9-12)20(21)22)19-16(24)18-11-5-4-10(2)13(17)8-11/h4-9H,3H2,1-2H3,(H2,18,19,24). The number of aryl methyl sites for hydroxylation is 1. The number of benzene rings is 2. The predicted molar refractivity (Wildman–Crippen MR) is 100 cm³/mol. The zero-order valence-corrected chi connectivity index (χ0v) is 14.7. The summed E-state index contributed by atoms with van der Waals surface area (Å²) in [6.45, 7) is 4.13. The van der Waals surface area contributed by atoms with Crippen LogP contribution in [0.4, 0.5) is 17.1 Å². The molecular formula is C16H16ClN3O3S. The smallest absolute Gasteiger partial charge is 0.296 e. The average molecular weight is 366 g/mol. The van der Waals surface area contributed by atoms with Gasteiger partial charge in [-0.3, -0.25) is 10.1 Å². The molecule has 0 saturated carbocycles. The van der Waals surface area contributed by atoms with E-state index in [0.29, 0.717) is 23.1 Å². The molecule has 0 bridgehead atoms. The zero-order valence-electron chi connectivity index (χ0n) is 13.1. The topological polar surface area (TPSA) is 76.4 Å². The van der Waals surface area contributed by atoms with E-state index in [9.17, 15) is 10.1 Å². The summed E-state index contributed by atoms with van der Waals surface area (Å²) in [5, 5.41) is 17.8. The van der Waals surface area contributed by atoms with Gasteiger partial charge in [0.15, 0.2) is 5.11 Å². The van der Waals surface area contributed by atoms with E-state index in [4.69, 9.17) is 28.6 Å². The quantitative estimate of drug-likeness (QED) is 0.451. The Bertz CT molecular complexity index is 783. The Labute approximate surface area is 149 Å². The lowest BCUT2D eigenvalue weighted by atomic mass is 10.2. The highest BCUT2D eigenvalue weighted by atomic mass is 35.5. The van der Waals surface area contributed by atoms with Gasteiger partial charge in [-0.15, -0.1) is 0 Å². The molecular weight excluding hydrogens is 350 g/mol. The van der Waals surface area contributed by atoms with Crippen LogP contribution < -0.4 is 15.4 Å². The van der Waals surface area contributed by atoms with Gasteiger partial charge in [-0.1, -0.05) is 17.7 Å². The van der Waals surface area contributed by atoms with Crippen LogP contribution in [0.2, 0.25) is 5.02 Å². The van der Waals surface area contributed by atoms with Crippen molar-refractivity contribution in [2.75, 3.05) is 17.2 Å². The van der Waals surface area contributed by atoms with Crippen molar-refractivity contribution in [3.05, 3.63) is 57.1 Å². The van der Waals surface area contributed by atoms with Crippen LogP contribution in [0.1, 0.15) is 12.5 Å². The number of nitro groups is 1. The Morgan fingerprint density at radius 2 is 2.04 bits per heavy atom. The fourth-order valence-corrected chi connectivity index (χ4v) is 2.39. The van der Waals surface area contributed by atoms with Gasteiger partial charge in [0.25, 0.3) is 5.69 Å². The molecule has 126 valence electrons. The Kier molecular flexibility index (Phi) is 5.94. The summed E-state index contributed by atoms with van der Waals surface area (Å²) in [4.78, 5) is 10.7. The van der Waals surface area contributed by atoms with Gasteiger partial charge in [0.2, 0.25) is 0 Å². The highest BCUT2D eigenvalue weighted by Gasteiger charge is 2.16. The maximum Gasteiger partial charge on any atom is 0.296 e. The van der Waals surface area contributed by atoms with Crippen molar-refractivity contribution in [1.29, 1.82) is 0 Å². The summed E-state index contributed by atoms with van der Waals surface area (Å²) in [5.74, 6) is 0.430. The van der Waals surface area contributed by atoms with Crippen molar-refractivity contribution in [1.82, 2.24) is 0 Å². The van der Waals surface area contributed by atoms with Crippen molar-refractivity contribution in [3.63, 3.8) is 0 Å². The molecule has 6 nitrogen and oxygen atoms in total. The Morgan fingerprint density at radius 3 is 2.67 bits per heavy atom. The maximum atomic E-state index is 11.2. The van der Waals surface area contributed by atoms with Crippen LogP contribution in [-0.4, -0.2) is 16.6 Å². The van der Waals surface area contributed by atoms with Gasteiger partial charge in [0.1, 0.15) is 11.4 Å². The number of nitro benzene ring substituents is 1. The summed E-state index contributed by atoms with van der Waals surface area (Å²) >= 11 is 11.3. The molecule has 24 heavy (non-hydrogen) atoms. The molecule has 2 N–H and O–H groups in total. The molecule has 0 aliphatic carbocycles. The molecule has 0 aromatic heterocycles. The van der Waals surface area contributed by atoms with E-state index in [-0.39, 0.29) is 16.5 Å². The van der Waals surface area contributed by atoms with Gasteiger partial charge in [-0.2, -0.15) is 0 Å². The first-order valence-electron chi connectivity index (χ1n) is 7.16. The molecule has 0 atom stereocenters. The monoisotopic (exact) mass is 365 g/mol. The number of thiocarbonyl (C=S) groups is 1. The van der Waals surface area contributed by atoms with Crippen molar-refractivity contribution >= 4 is 46.0 Å². The third-order valence-corrected chi connectivity index (χ3v) is 3.77. The van der Waals surface area contributed by atoms with Gasteiger partial charge in [-0.25, -0.2) is 0 Å². The second kappa shape index (κ2) is 7.94. The van der Waals surface area contributed by atoms with Crippen molar-refractivity contribution in [2.24, 2.45) is 0 Å². The van der Waals surface area contributed by atoms with E-state index in [1.807, 2.05) is 26.0 Å². The predicted octanol–water partition coefficient (Wildman–Crippen LogP) is 4.76. The molecule has 0 amide bonds. The molecule has 2 rings (SSSR count). The molecule has 0 spiro atoms. The summed E-state index contributed by atoms with van der Waals surface area (Å²) in [7, 11) is 0. The molecule has 0 aliphatic heterocycles. The third-order valence-electron chi connectivity index (χ3n) is 3.15. The lowest BCUT2D eigenvalue weighted by Gasteiger charge is -2.12. The minimum Gasteiger partial charge on any atom is -0.494 e. The Hall–Kier alpha value is -2.38. The van der Waals surface area contributed by atoms with Crippen LogP contribution in [-0.2, 0) is 0 Å². The highest BCUT2D eigenvalue weighted by Crippen LogP contribution is 2.29. The summed E-state index contributed by atoms with van der Waals surface area (Å²) < 4.78 is 5.28. The lowest BCUT2D eigenvalue weighted by Crippen LogP contribution is -2.19. The number of nitrogens with zero attached hydrogens (tertiary/aromatic N) is 1. The first-order valence-corrected chi connectivity index (χ1v) is 7.94. The van der Waals surface area contributed by atoms with E-state index in [2.05, 4.69) is 10.6 Å². The minimum absolute atomic E-state index is 0.118. The van der Waals surface area contributed by atoms with Crippen LogP contribution in [0, 0.1) is 17.0 Å². The van der Waals surface area contributed by atoms with E-state index >= 15 is 0 Å². The van der Waals surface area contributed by atoms with E-state index < -0.39 is 4.92 Å². The van der Waals surface area contributed by atoms with E-state index in [0.717, 1.165) is 5.56 Å². The second-order valence-electron chi connectivity index (χ2n) is 4.91. The second-order valence-corrected chi connectivity index (χ2v) is 5.73. The fraction of sp³-hybridized carbons (Fsp3) is 0.188. The van der Waals surface area contributed by atoms with Crippen LogP contribution in [0.25, 0.3) is 0 Å². The Morgan fingerprint density at radius 1 is 1.29 bits per heavy atom. The summed E-state index contributed by atoms with van der Waals surface area (Å²) in [6.07, 6.45) is 0. The van der Waals surface area contributed by atoms with E-state index in [1.165, 1.54) is 6.07 Å². The normalized spacial score (nSPS) is 10.1. The largest absolute Gasteiger partial charge is 0.494 e. The van der Waals surface area contributed by atoms with Gasteiger partial charge in [-0.05, 0) is 55.9 Å². The Balaban J connectivity index is 2.15. The number of halogens is 1.